The Bertz CT molecular complexity index is 216. The first-order chi connectivity index (χ1) is 4.83. The van der Waals surface area contributed by atoms with Crippen LogP contribution >= 0.6 is 0 Å². The summed E-state index contributed by atoms with van der Waals surface area (Å²) in [7, 11) is 0. The summed E-state index contributed by atoms with van der Waals surface area (Å²) in [6.45, 7) is 2.13. The average Bonchev–Trinajstić information content (AvgIpc) is 2.40. The molecule has 1 rings (SSSR count). The Labute approximate surface area is 58.0 Å². The third-order valence-corrected chi connectivity index (χ3v) is 1.01. The highest BCUT2D eigenvalue weighted by molar-refractivity contribution is 5.80. The van der Waals surface area contributed by atoms with E-state index in [2.05, 4.69) is 15.4 Å². The first kappa shape index (κ1) is 6.73. The van der Waals surface area contributed by atoms with Crippen LogP contribution in [0.1, 0.15) is 6.92 Å². The minimum atomic E-state index is 0.434. The zero-order chi connectivity index (χ0) is 7.40. The molecular weight excluding hydrogens is 132 g/mol. The molecule has 0 unspecified atom stereocenters. The molecule has 0 aliphatic heterocycles. The summed E-state index contributed by atoms with van der Waals surface area (Å²) in [5.74, 6) is 0. The van der Waals surface area contributed by atoms with Crippen LogP contribution in [0.4, 0.5) is 0 Å². The topological polar surface area (TPSA) is 63.3 Å². The second-order valence-electron chi connectivity index (χ2n) is 1.89. The molecule has 1 heterocycles. The number of hydrogen-bond acceptors (Lipinski definition) is 4. The molecule has 54 valence electrons. The van der Waals surface area contributed by atoms with E-state index in [9.17, 15) is 0 Å². The van der Waals surface area contributed by atoms with Gasteiger partial charge in [-0.15, -0.1) is 0 Å². The fourth-order valence-electron chi connectivity index (χ4n) is 0.561. The monoisotopic (exact) mass is 140 g/mol. The van der Waals surface area contributed by atoms with Gasteiger partial charge in [0, 0.05) is 0 Å². The predicted molar refractivity (Wildman–Crippen MR) is 34.9 cm³/mol. The van der Waals surface area contributed by atoms with E-state index in [4.69, 9.17) is 5.21 Å². The van der Waals surface area contributed by atoms with Crippen LogP contribution < -0.4 is 0 Å². The maximum atomic E-state index is 8.25. The van der Waals surface area contributed by atoms with Gasteiger partial charge in [-0.05, 0) is 6.92 Å². The molecule has 0 aliphatic carbocycles. The largest absolute Gasteiger partial charge is 0.411 e. The molecule has 5 heteroatoms. The molecule has 0 fully saturated rings. The molecule has 0 bridgehead atoms. The Morgan fingerprint density at radius 2 is 2.20 bits per heavy atom. The number of oxime groups is 1. The lowest BCUT2D eigenvalue weighted by Crippen LogP contribution is -2.09. The number of rotatable bonds is 2. The van der Waals surface area contributed by atoms with Crippen LogP contribution in [0.25, 0.3) is 0 Å². The van der Waals surface area contributed by atoms with Crippen molar-refractivity contribution >= 4 is 5.71 Å². The summed E-state index contributed by atoms with van der Waals surface area (Å²) < 4.78 is 0. The molecule has 0 aliphatic rings. The van der Waals surface area contributed by atoms with E-state index in [0.717, 1.165) is 0 Å². The van der Waals surface area contributed by atoms with E-state index in [0.29, 0.717) is 12.3 Å². The van der Waals surface area contributed by atoms with E-state index in [1.807, 2.05) is 0 Å². The highest BCUT2D eigenvalue weighted by Crippen LogP contribution is 1.81. The van der Waals surface area contributed by atoms with Crippen LogP contribution in [0.5, 0.6) is 0 Å². The van der Waals surface area contributed by atoms with Gasteiger partial charge in [0.05, 0.1) is 18.1 Å². The Morgan fingerprint density at radius 3 is 2.70 bits per heavy atom. The highest BCUT2D eigenvalue weighted by atomic mass is 16.4. The number of aromatic nitrogens is 3. The van der Waals surface area contributed by atoms with Gasteiger partial charge >= 0.3 is 0 Å². The van der Waals surface area contributed by atoms with Crippen molar-refractivity contribution in [2.75, 3.05) is 0 Å². The summed E-state index contributed by atoms with van der Waals surface area (Å²) in [6.07, 6.45) is 3.15. The molecule has 0 atom stereocenters. The zero-order valence-corrected chi connectivity index (χ0v) is 5.60. The van der Waals surface area contributed by atoms with Crippen molar-refractivity contribution in [2.24, 2.45) is 5.16 Å². The Kier molecular flexibility index (Phi) is 1.99. The maximum absolute atomic E-state index is 8.25. The van der Waals surface area contributed by atoms with Gasteiger partial charge in [0.1, 0.15) is 6.54 Å². The van der Waals surface area contributed by atoms with Crippen LogP contribution in [0.3, 0.4) is 0 Å². The van der Waals surface area contributed by atoms with Crippen LogP contribution in [0.15, 0.2) is 17.5 Å². The zero-order valence-electron chi connectivity index (χ0n) is 5.60. The maximum Gasteiger partial charge on any atom is 0.102 e. The third-order valence-electron chi connectivity index (χ3n) is 1.01. The van der Waals surface area contributed by atoms with Crippen molar-refractivity contribution in [3.8, 4) is 0 Å². The van der Waals surface area contributed by atoms with Gasteiger partial charge in [-0.3, -0.25) is 0 Å². The minimum absolute atomic E-state index is 0.434. The fourth-order valence-corrected chi connectivity index (χ4v) is 0.561. The standard InChI is InChI=1S/C5H8N4O/c1-5(8-10)4-9-6-2-3-7-9/h2-3,10H,4H2,1H3/b8-5+. The quantitative estimate of drug-likeness (QED) is 0.360. The van der Waals surface area contributed by atoms with Crippen molar-refractivity contribution in [1.82, 2.24) is 15.0 Å². The van der Waals surface area contributed by atoms with E-state index in [-0.39, 0.29) is 0 Å². The van der Waals surface area contributed by atoms with Crippen molar-refractivity contribution in [1.29, 1.82) is 0 Å². The van der Waals surface area contributed by atoms with Gasteiger partial charge in [0.2, 0.25) is 0 Å². The molecule has 1 N–H and O–H groups in total. The normalized spacial score (nSPS) is 11.9. The Balaban J connectivity index is 2.56. The SMILES string of the molecule is C/C(Cn1nccn1)=N\O. The predicted octanol–water partition coefficient (Wildman–Crippen LogP) is 0.128. The molecule has 0 spiro atoms. The van der Waals surface area contributed by atoms with Gasteiger partial charge in [-0.1, -0.05) is 5.16 Å². The number of hydrogen-bond donors (Lipinski definition) is 1. The third kappa shape index (κ3) is 1.54. The molecule has 10 heavy (non-hydrogen) atoms. The van der Waals surface area contributed by atoms with Crippen molar-refractivity contribution in [3.05, 3.63) is 12.4 Å². The summed E-state index contributed by atoms with van der Waals surface area (Å²) in [5.41, 5.74) is 0.580. The van der Waals surface area contributed by atoms with Gasteiger partial charge in [-0.2, -0.15) is 15.0 Å². The second-order valence-corrected chi connectivity index (χ2v) is 1.89. The van der Waals surface area contributed by atoms with Gasteiger partial charge < -0.3 is 5.21 Å². The smallest absolute Gasteiger partial charge is 0.102 e. The fraction of sp³-hybridized carbons (Fsp3) is 0.400. The molecular formula is C5H8N4O. The van der Waals surface area contributed by atoms with E-state index in [1.165, 1.54) is 4.80 Å². The van der Waals surface area contributed by atoms with E-state index < -0.39 is 0 Å². The van der Waals surface area contributed by atoms with Crippen molar-refractivity contribution < 1.29 is 5.21 Å². The Morgan fingerprint density at radius 1 is 1.60 bits per heavy atom. The summed E-state index contributed by atoms with van der Waals surface area (Å²) in [6, 6.07) is 0. The van der Waals surface area contributed by atoms with Crippen LogP contribution in [-0.2, 0) is 6.54 Å². The Hall–Kier alpha value is -1.39. The summed E-state index contributed by atoms with van der Waals surface area (Å²) in [5, 5.41) is 18.9. The summed E-state index contributed by atoms with van der Waals surface area (Å²) in [4.78, 5) is 1.44. The average molecular weight is 140 g/mol. The van der Waals surface area contributed by atoms with E-state index >= 15 is 0 Å². The molecule has 0 radical (unpaired) electrons. The van der Waals surface area contributed by atoms with Crippen LogP contribution in [0, 0.1) is 0 Å². The van der Waals surface area contributed by atoms with Crippen LogP contribution in [0.2, 0.25) is 0 Å². The molecule has 1 aromatic heterocycles. The lowest BCUT2D eigenvalue weighted by Gasteiger charge is -1.94. The molecule has 5 nitrogen and oxygen atoms in total. The molecule has 0 aromatic carbocycles. The minimum Gasteiger partial charge on any atom is -0.411 e. The van der Waals surface area contributed by atoms with Crippen molar-refractivity contribution in [3.63, 3.8) is 0 Å². The first-order valence-corrected chi connectivity index (χ1v) is 2.84. The van der Waals surface area contributed by atoms with Crippen LogP contribution in [-0.4, -0.2) is 25.9 Å². The molecule has 0 saturated heterocycles. The van der Waals surface area contributed by atoms with Gasteiger partial charge in [0.15, 0.2) is 0 Å². The highest BCUT2D eigenvalue weighted by Gasteiger charge is 1.93. The number of nitrogens with zero attached hydrogens (tertiary/aromatic N) is 4. The second kappa shape index (κ2) is 2.95. The molecule has 0 amide bonds. The van der Waals surface area contributed by atoms with Crippen molar-refractivity contribution in [2.45, 2.75) is 13.5 Å². The molecule has 0 saturated carbocycles. The lowest BCUT2D eigenvalue weighted by atomic mass is 10.4. The van der Waals surface area contributed by atoms with Gasteiger partial charge in [0.25, 0.3) is 0 Å². The summed E-state index contributed by atoms with van der Waals surface area (Å²) >= 11 is 0. The molecule has 1 aromatic rings. The lowest BCUT2D eigenvalue weighted by molar-refractivity contribution is 0.316. The first-order valence-electron chi connectivity index (χ1n) is 2.84. The van der Waals surface area contributed by atoms with Gasteiger partial charge in [-0.25, -0.2) is 0 Å². The van der Waals surface area contributed by atoms with E-state index in [1.54, 1.807) is 19.3 Å².